The molecule has 4 rings (SSSR count). The number of nitrogens with zero attached hydrogens (tertiary/aromatic N) is 1. The van der Waals surface area contributed by atoms with E-state index in [4.69, 9.17) is 0 Å². The summed E-state index contributed by atoms with van der Waals surface area (Å²) >= 11 is 0. The molecule has 1 amide bonds. The maximum atomic E-state index is 13.0. The lowest BCUT2D eigenvalue weighted by atomic mass is 10.0. The molecule has 1 aliphatic heterocycles. The van der Waals surface area contributed by atoms with Gasteiger partial charge in [-0.2, -0.15) is 0 Å². The zero-order valence-electron chi connectivity index (χ0n) is 13.8. The van der Waals surface area contributed by atoms with Gasteiger partial charge in [0.25, 0.3) is 10.0 Å². The first-order chi connectivity index (χ1) is 12.1. The van der Waals surface area contributed by atoms with Crippen LogP contribution in [0, 0.1) is 5.92 Å². The van der Waals surface area contributed by atoms with Crippen LogP contribution in [0.15, 0.2) is 53.4 Å². The SMILES string of the molecule is O=C(Nc1ccc2c(c1)N(S(=O)(=O)c1ccccc1)CCC2)C1CC1. The largest absolute Gasteiger partial charge is 0.326 e. The van der Waals surface area contributed by atoms with Crippen LogP contribution in [0.2, 0.25) is 0 Å². The summed E-state index contributed by atoms with van der Waals surface area (Å²) < 4.78 is 27.5. The molecule has 0 radical (unpaired) electrons. The minimum Gasteiger partial charge on any atom is -0.326 e. The van der Waals surface area contributed by atoms with Gasteiger partial charge in [-0.15, -0.1) is 0 Å². The van der Waals surface area contributed by atoms with Gasteiger partial charge in [0.15, 0.2) is 0 Å². The Morgan fingerprint density at radius 2 is 1.84 bits per heavy atom. The number of nitrogens with one attached hydrogen (secondary N) is 1. The van der Waals surface area contributed by atoms with E-state index >= 15 is 0 Å². The first-order valence-corrected chi connectivity index (χ1v) is 10.0. The Hall–Kier alpha value is -2.34. The lowest BCUT2D eigenvalue weighted by molar-refractivity contribution is -0.117. The predicted octanol–water partition coefficient (Wildman–Crippen LogP) is 3.18. The summed E-state index contributed by atoms with van der Waals surface area (Å²) in [6, 6.07) is 14.0. The molecule has 0 aromatic heterocycles. The number of carbonyl (C=O) groups is 1. The summed E-state index contributed by atoms with van der Waals surface area (Å²) in [6.45, 7) is 0.449. The maximum absolute atomic E-state index is 13.0. The highest BCUT2D eigenvalue weighted by Gasteiger charge is 2.31. The number of hydrogen-bond donors (Lipinski definition) is 1. The Bertz CT molecular complexity index is 906. The predicted molar refractivity (Wildman–Crippen MR) is 97.1 cm³/mol. The van der Waals surface area contributed by atoms with Crippen LogP contribution in [0.5, 0.6) is 0 Å². The van der Waals surface area contributed by atoms with Gasteiger partial charge in [-0.3, -0.25) is 9.10 Å². The third-order valence-electron chi connectivity index (χ3n) is 4.71. The third-order valence-corrected chi connectivity index (χ3v) is 6.54. The fourth-order valence-corrected chi connectivity index (χ4v) is 4.73. The van der Waals surface area contributed by atoms with Crippen molar-refractivity contribution in [1.29, 1.82) is 0 Å². The second kappa shape index (κ2) is 6.19. The highest BCUT2D eigenvalue weighted by molar-refractivity contribution is 7.92. The van der Waals surface area contributed by atoms with Crippen LogP contribution in [-0.2, 0) is 21.2 Å². The van der Waals surface area contributed by atoms with Gasteiger partial charge in [-0.05, 0) is 55.5 Å². The number of aryl methyl sites for hydroxylation is 1. The lowest BCUT2D eigenvalue weighted by Crippen LogP contribution is -2.35. The Morgan fingerprint density at radius 3 is 2.56 bits per heavy atom. The minimum absolute atomic E-state index is 0.0215. The number of amides is 1. The molecule has 25 heavy (non-hydrogen) atoms. The molecule has 0 saturated heterocycles. The van der Waals surface area contributed by atoms with Gasteiger partial charge in [0.05, 0.1) is 10.6 Å². The van der Waals surface area contributed by atoms with Gasteiger partial charge in [0, 0.05) is 18.2 Å². The van der Waals surface area contributed by atoms with Gasteiger partial charge in [-0.1, -0.05) is 24.3 Å². The maximum Gasteiger partial charge on any atom is 0.264 e. The second-order valence-corrected chi connectivity index (χ2v) is 8.46. The molecule has 1 N–H and O–H groups in total. The first-order valence-electron chi connectivity index (χ1n) is 8.57. The van der Waals surface area contributed by atoms with Crippen LogP contribution >= 0.6 is 0 Å². The molecule has 0 unspecified atom stereocenters. The van der Waals surface area contributed by atoms with E-state index in [1.54, 1.807) is 36.4 Å². The smallest absolute Gasteiger partial charge is 0.264 e. The Labute approximate surface area is 147 Å². The highest BCUT2D eigenvalue weighted by atomic mass is 32.2. The Balaban J connectivity index is 1.69. The molecule has 0 spiro atoms. The number of fused-ring (bicyclic) bond motifs is 1. The monoisotopic (exact) mass is 356 g/mol. The fraction of sp³-hybridized carbons (Fsp3) is 0.316. The van der Waals surface area contributed by atoms with Gasteiger partial charge >= 0.3 is 0 Å². The summed E-state index contributed by atoms with van der Waals surface area (Å²) in [7, 11) is -3.60. The number of carbonyl (C=O) groups excluding carboxylic acids is 1. The molecule has 6 heteroatoms. The summed E-state index contributed by atoms with van der Waals surface area (Å²) in [5, 5.41) is 2.91. The fourth-order valence-electron chi connectivity index (χ4n) is 3.18. The summed E-state index contributed by atoms with van der Waals surface area (Å²) in [4.78, 5) is 12.3. The molecule has 0 bridgehead atoms. The van der Waals surface area contributed by atoms with Gasteiger partial charge in [0.1, 0.15) is 0 Å². The van der Waals surface area contributed by atoms with Crippen molar-refractivity contribution >= 4 is 27.3 Å². The molecule has 1 saturated carbocycles. The molecule has 1 fully saturated rings. The molecular formula is C19H20N2O3S. The third kappa shape index (κ3) is 3.14. The molecule has 2 aromatic carbocycles. The van der Waals surface area contributed by atoms with Crippen molar-refractivity contribution in [2.24, 2.45) is 5.92 Å². The van der Waals surface area contributed by atoms with Gasteiger partial charge < -0.3 is 5.32 Å². The summed E-state index contributed by atoms with van der Waals surface area (Å²) in [5.74, 6) is 0.133. The van der Waals surface area contributed by atoms with E-state index in [1.165, 1.54) is 4.31 Å². The van der Waals surface area contributed by atoms with Crippen molar-refractivity contribution in [3.8, 4) is 0 Å². The van der Waals surface area contributed by atoms with E-state index in [0.29, 0.717) is 17.9 Å². The van der Waals surface area contributed by atoms with E-state index in [9.17, 15) is 13.2 Å². The van der Waals surface area contributed by atoms with Crippen molar-refractivity contribution in [2.45, 2.75) is 30.6 Å². The molecule has 2 aliphatic rings. The van der Waals surface area contributed by atoms with Crippen LogP contribution in [0.1, 0.15) is 24.8 Å². The van der Waals surface area contributed by atoms with Crippen molar-refractivity contribution in [3.63, 3.8) is 0 Å². The van der Waals surface area contributed by atoms with Crippen LogP contribution < -0.4 is 9.62 Å². The molecule has 1 heterocycles. The number of benzene rings is 2. The molecule has 130 valence electrons. The summed E-state index contributed by atoms with van der Waals surface area (Å²) in [5.41, 5.74) is 2.32. The molecule has 2 aromatic rings. The highest BCUT2D eigenvalue weighted by Crippen LogP contribution is 2.35. The molecule has 0 atom stereocenters. The average Bonchev–Trinajstić information content (AvgIpc) is 3.47. The van der Waals surface area contributed by atoms with Crippen molar-refractivity contribution in [3.05, 3.63) is 54.1 Å². The number of anilines is 2. The lowest BCUT2D eigenvalue weighted by Gasteiger charge is -2.31. The van der Waals surface area contributed by atoms with Crippen LogP contribution in [0.4, 0.5) is 11.4 Å². The molecule has 1 aliphatic carbocycles. The van der Waals surface area contributed by atoms with Crippen molar-refractivity contribution in [2.75, 3.05) is 16.2 Å². The van der Waals surface area contributed by atoms with Gasteiger partial charge in [-0.25, -0.2) is 8.42 Å². The quantitative estimate of drug-likeness (QED) is 0.915. The standard InChI is InChI=1S/C19H20N2O3S/c22-19(15-8-9-15)20-16-11-10-14-5-4-12-21(18(14)13-16)25(23,24)17-6-2-1-3-7-17/h1-3,6-7,10-11,13,15H,4-5,8-9,12H2,(H,20,22). The second-order valence-electron chi connectivity index (χ2n) is 6.60. The van der Waals surface area contributed by atoms with E-state index in [0.717, 1.165) is 31.2 Å². The molecule has 5 nitrogen and oxygen atoms in total. The Morgan fingerprint density at radius 1 is 1.08 bits per heavy atom. The molecular weight excluding hydrogens is 336 g/mol. The van der Waals surface area contributed by atoms with E-state index in [1.807, 2.05) is 12.1 Å². The number of rotatable bonds is 4. The van der Waals surface area contributed by atoms with Crippen molar-refractivity contribution in [1.82, 2.24) is 0 Å². The average molecular weight is 356 g/mol. The van der Waals surface area contributed by atoms with Crippen LogP contribution in [0.3, 0.4) is 0 Å². The topological polar surface area (TPSA) is 66.5 Å². The minimum atomic E-state index is -3.60. The zero-order valence-corrected chi connectivity index (χ0v) is 14.6. The van der Waals surface area contributed by atoms with E-state index in [2.05, 4.69) is 5.32 Å². The van der Waals surface area contributed by atoms with Crippen LogP contribution in [0.25, 0.3) is 0 Å². The number of sulfonamides is 1. The van der Waals surface area contributed by atoms with E-state index in [-0.39, 0.29) is 16.7 Å². The van der Waals surface area contributed by atoms with E-state index < -0.39 is 10.0 Å². The van der Waals surface area contributed by atoms with Crippen LogP contribution in [-0.4, -0.2) is 20.9 Å². The Kier molecular flexibility index (Phi) is 4.00. The summed E-state index contributed by atoms with van der Waals surface area (Å²) in [6.07, 6.45) is 3.50. The normalized spacial score (nSPS) is 17.0. The van der Waals surface area contributed by atoms with Gasteiger partial charge in [0.2, 0.25) is 5.91 Å². The van der Waals surface area contributed by atoms with Crippen molar-refractivity contribution < 1.29 is 13.2 Å². The zero-order chi connectivity index (χ0) is 17.4. The first kappa shape index (κ1) is 16.1. The number of hydrogen-bond acceptors (Lipinski definition) is 3.